The number of rotatable bonds is 15. The van der Waals surface area contributed by atoms with E-state index >= 15 is 0 Å². The number of aliphatic hydroxyl groups excluding tert-OH is 3. The molecule has 1 heterocycles. The highest BCUT2D eigenvalue weighted by Gasteiger charge is 2.55. The monoisotopic (exact) mass is 608 g/mol. The van der Waals surface area contributed by atoms with E-state index in [2.05, 4.69) is 10.6 Å². The Morgan fingerprint density at radius 3 is 2.40 bits per heavy atom. The number of ether oxygens (including phenoxy) is 2. The standard InChI is InChI=1S/C29H37FN2O9S/c1-2-42-14-6-13-40-29(28(38)39)15-21(33)24(32-23(35)16-30)26(41-29)25(36)22(34)17-31-27(37)20-11-9-19(10-12-20)18-7-4-3-5-8-18/h3-5,7-12,21-22,24-26,33-34,36H,2,6,13-17H2,1H3,(H,31,37)(H,32,35)(H,38,39)/t21?,22-,24-,25-,26-,29-/m1/s1. The summed E-state index contributed by atoms with van der Waals surface area (Å²) in [6.45, 7) is -0.00516. The molecule has 6 N–H and O–H groups in total. The second-order valence-electron chi connectivity index (χ2n) is 9.75. The van der Waals surface area contributed by atoms with Crippen LogP contribution >= 0.6 is 11.8 Å². The number of thioether (sulfide) groups is 1. The number of nitrogens with one attached hydrogen (secondary N) is 2. The third-order valence-electron chi connectivity index (χ3n) is 6.78. The minimum atomic E-state index is -2.40. The van der Waals surface area contributed by atoms with Crippen molar-refractivity contribution in [1.29, 1.82) is 0 Å². The summed E-state index contributed by atoms with van der Waals surface area (Å²) >= 11 is 1.62. The molecule has 42 heavy (non-hydrogen) atoms. The van der Waals surface area contributed by atoms with Crippen LogP contribution in [0.3, 0.4) is 0 Å². The van der Waals surface area contributed by atoms with Gasteiger partial charge in [0.05, 0.1) is 24.9 Å². The Morgan fingerprint density at radius 1 is 1.12 bits per heavy atom. The summed E-state index contributed by atoms with van der Waals surface area (Å²) in [6, 6.07) is 14.8. The molecule has 230 valence electrons. The molecule has 1 aliphatic heterocycles. The van der Waals surface area contributed by atoms with E-state index in [9.17, 15) is 39.2 Å². The number of carboxylic acid groups (broad SMARTS) is 1. The van der Waals surface area contributed by atoms with E-state index < -0.39 is 73.7 Å². The van der Waals surface area contributed by atoms with Crippen molar-refractivity contribution >= 4 is 29.5 Å². The lowest BCUT2D eigenvalue weighted by atomic mass is 9.88. The minimum Gasteiger partial charge on any atom is -0.477 e. The molecule has 6 atom stereocenters. The van der Waals surface area contributed by atoms with Crippen LogP contribution in [-0.2, 0) is 19.1 Å². The zero-order chi connectivity index (χ0) is 30.7. The highest BCUT2D eigenvalue weighted by molar-refractivity contribution is 7.99. The van der Waals surface area contributed by atoms with Crippen molar-refractivity contribution in [2.75, 3.05) is 31.3 Å². The lowest BCUT2D eigenvalue weighted by Gasteiger charge is -2.46. The average molecular weight is 609 g/mol. The van der Waals surface area contributed by atoms with Gasteiger partial charge in [-0.3, -0.25) is 9.59 Å². The molecule has 2 aromatic carbocycles. The summed E-state index contributed by atoms with van der Waals surface area (Å²) in [4.78, 5) is 36.8. The van der Waals surface area contributed by atoms with E-state index in [1.165, 1.54) is 0 Å². The molecule has 0 radical (unpaired) electrons. The molecule has 1 saturated heterocycles. The topological polar surface area (TPSA) is 175 Å². The number of carboxylic acids is 1. The van der Waals surface area contributed by atoms with Crippen LogP contribution in [0.2, 0.25) is 0 Å². The number of halogens is 1. The molecule has 11 nitrogen and oxygen atoms in total. The van der Waals surface area contributed by atoms with Crippen LogP contribution in [0.25, 0.3) is 11.1 Å². The number of benzene rings is 2. The van der Waals surface area contributed by atoms with Gasteiger partial charge in [0.15, 0.2) is 6.67 Å². The summed E-state index contributed by atoms with van der Waals surface area (Å²) in [5.74, 6) is -4.13. The fraction of sp³-hybridized carbons (Fsp3) is 0.483. The predicted molar refractivity (Wildman–Crippen MR) is 154 cm³/mol. The first-order valence-corrected chi connectivity index (χ1v) is 14.7. The lowest BCUT2D eigenvalue weighted by molar-refractivity contribution is -0.310. The van der Waals surface area contributed by atoms with E-state index in [4.69, 9.17) is 9.47 Å². The van der Waals surface area contributed by atoms with Gasteiger partial charge in [0.25, 0.3) is 17.6 Å². The second kappa shape index (κ2) is 16.0. The Hall–Kier alpha value is -3.07. The van der Waals surface area contributed by atoms with Crippen molar-refractivity contribution in [3.05, 3.63) is 60.2 Å². The van der Waals surface area contributed by atoms with Crippen molar-refractivity contribution < 1.29 is 48.7 Å². The first-order chi connectivity index (χ1) is 20.1. The Labute approximate surface area is 247 Å². The zero-order valence-corrected chi connectivity index (χ0v) is 24.0. The highest BCUT2D eigenvalue weighted by atomic mass is 32.2. The number of aliphatic carboxylic acids is 1. The Morgan fingerprint density at radius 2 is 1.79 bits per heavy atom. The van der Waals surface area contributed by atoms with Gasteiger partial charge in [-0.25, -0.2) is 9.18 Å². The molecule has 0 saturated carbocycles. The van der Waals surface area contributed by atoms with Crippen LogP contribution in [0.4, 0.5) is 4.39 Å². The molecule has 0 aromatic heterocycles. The first-order valence-electron chi connectivity index (χ1n) is 13.6. The lowest BCUT2D eigenvalue weighted by Crippen LogP contribution is -2.68. The normalized spacial score (nSPS) is 23.5. The Kier molecular flexibility index (Phi) is 12.7. The second-order valence-corrected chi connectivity index (χ2v) is 11.1. The van der Waals surface area contributed by atoms with Crippen LogP contribution in [0.1, 0.15) is 30.1 Å². The molecule has 13 heteroatoms. The van der Waals surface area contributed by atoms with Gasteiger partial charge >= 0.3 is 5.97 Å². The molecule has 0 aliphatic carbocycles. The molecule has 2 aromatic rings. The van der Waals surface area contributed by atoms with Crippen LogP contribution in [0.15, 0.2) is 54.6 Å². The minimum absolute atomic E-state index is 0.0436. The third-order valence-corrected chi connectivity index (χ3v) is 7.76. The number of aliphatic hydroxyl groups is 3. The van der Waals surface area contributed by atoms with Crippen molar-refractivity contribution in [1.82, 2.24) is 10.6 Å². The fourth-order valence-corrected chi connectivity index (χ4v) is 5.18. The quantitative estimate of drug-likeness (QED) is 0.162. The smallest absolute Gasteiger partial charge is 0.364 e. The molecule has 1 aliphatic rings. The molecule has 0 bridgehead atoms. The van der Waals surface area contributed by atoms with Crippen molar-refractivity contribution in [2.24, 2.45) is 0 Å². The number of hydrogen-bond donors (Lipinski definition) is 6. The number of hydrogen-bond acceptors (Lipinski definition) is 9. The van der Waals surface area contributed by atoms with Crippen LogP contribution in [0.5, 0.6) is 0 Å². The van der Waals surface area contributed by atoms with Crippen LogP contribution in [-0.4, -0.2) is 106 Å². The molecule has 2 amide bonds. The van der Waals surface area contributed by atoms with Gasteiger partial charge in [0, 0.05) is 18.5 Å². The maximum atomic E-state index is 13.0. The molecular formula is C29H37FN2O9S. The SMILES string of the molecule is CCSCCCO[C@]1(C(=O)O)CC(O)[C@@H](NC(=O)CF)[C@H]([C@H](O)[C@H](O)CNC(=O)c2ccc(-c3ccccc3)cc2)O1. The van der Waals surface area contributed by atoms with E-state index in [1.54, 1.807) is 36.0 Å². The van der Waals surface area contributed by atoms with E-state index in [0.717, 1.165) is 16.9 Å². The molecule has 1 fully saturated rings. The Bertz CT molecular complexity index is 1170. The van der Waals surface area contributed by atoms with E-state index in [0.29, 0.717) is 12.2 Å². The van der Waals surface area contributed by atoms with Gasteiger partial charge in [-0.15, -0.1) is 0 Å². The van der Waals surface area contributed by atoms with Gasteiger partial charge < -0.3 is 40.5 Å². The molecular weight excluding hydrogens is 571 g/mol. The summed E-state index contributed by atoms with van der Waals surface area (Å²) in [6.07, 6.45) is -7.19. The summed E-state index contributed by atoms with van der Waals surface area (Å²) in [5, 5.41) is 47.1. The zero-order valence-electron chi connectivity index (χ0n) is 23.1. The highest BCUT2D eigenvalue weighted by Crippen LogP contribution is 2.34. The maximum absolute atomic E-state index is 13.0. The van der Waals surface area contributed by atoms with Gasteiger partial charge in [0.1, 0.15) is 12.2 Å². The van der Waals surface area contributed by atoms with Gasteiger partial charge in [0.2, 0.25) is 0 Å². The van der Waals surface area contributed by atoms with Crippen molar-refractivity contribution in [3.63, 3.8) is 0 Å². The van der Waals surface area contributed by atoms with E-state index in [-0.39, 0.29) is 12.2 Å². The fourth-order valence-electron chi connectivity index (χ4n) is 4.57. The molecule has 3 rings (SSSR count). The molecule has 0 spiro atoms. The first kappa shape index (κ1) is 33.4. The van der Waals surface area contributed by atoms with Crippen LogP contribution in [0, 0.1) is 0 Å². The van der Waals surface area contributed by atoms with E-state index in [1.807, 2.05) is 37.3 Å². The summed E-state index contributed by atoms with van der Waals surface area (Å²) in [5.41, 5.74) is 2.15. The summed E-state index contributed by atoms with van der Waals surface area (Å²) < 4.78 is 24.2. The maximum Gasteiger partial charge on any atom is 0.364 e. The average Bonchev–Trinajstić information content (AvgIpc) is 3.00. The third kappa shape index (κ3) is 8.72. The largest absolute Gasteiger partial charge is 0.477 e. The van der Waals surface area contributed by atoms with Gasteiger partial charge in [-0.2, -0.15) is 11.8 Å². The van der Waals surface area contributed by atoms with Gasteiger partial charge in [-0.05, 0) is 41.2 Å². The predicted octanol–water partition coefficient (Wildman–Crippen LogP) is 1.35. The summed E-state index contributed by atoms with van der Waals surface area (Å²) in [7, 11) is 0. The van der Waals surface area contributed by atoms with Crippen molar-refractivity contribution in [2.45, 2.75) is 56.0 Å². The number of amides is 2. The number of carbonyl (C=O) groups excluding carboxylic acids is 2. The van der Waals surface area contributed by atoms with Crippen LogP contribution < -0.4 is 10.6 Å². The van der Waals surface area contributed by atoms with Crippen molar-refractivity contribution in [3.8, 4) is 11.1 Å². The molecule has 1 unspecified atom stereocenters. The Balaban J connectivity index is 1.70. The number of alkyl halides is 1. The number of carbonyl (C=O) groups is 3. The van der Waals surface area contributed by atoms with Gasteiger partial charge in [-0.1, -0.05) is 49.4 Å².